The van der Waals surface area contributed by atoms with Gasteiger partial charge in [-0.3, -0.25) is 19.4 Å². The van der Waals surface area contributed by atoms with Crippen molar-refractivity contribution in [3.05, 3.63) is 18.2 Å². The molecule has 184 valence electrons. The van der Waals surface area contributed by atoms with Crippen LogP contribution in [-0.4, -0.2) is 97.4 Å². The molecule has 4 aliphatic rings. The highest BCUT2D eigenvalue weighted by Gasteiger charge is 2.48. The minimum absolute atomic E-state index is 0.0233. The number of hydrogen-bond donors (Lipinski definition) is 0. The van der Waals surface area contributed by atoms with E-state index in [0.717, 1.165) is 41.9 Å². The summed E-state index contributed by atoms with van der Waals surface area (Å²) in [6.45, 7) is 2.03. The first-order valence-corrected chi connectivity index (χ1v) is 13.1. The first kappa shape index (κ1) is 23.1. The largest absolute Gasteiger partial charge is 0.490 e. The summed E-state index contributed by atoms with van der Waals surface area (Å²) in [4.78, 5) is 41.7. The summed E-state index contributed by atoms with van der Waals surface area (Å²) >= 11 is 0. The van der Waals surface area contributed by atoms with Crippen molar-refractivity contribution >= 4 is 27.9 Å². The van der Waals surface area contributed by atoms with Crippen LogP contribution in [0.2, 0.25) is 0 Å². The second-order valence-corrected chi connectivity index (χ2v) is 10.9. The number of ether oxygens (including phenoxy) is 2. The topological polar surface area (TPSA) is 117 Å². The number of urea groups is 1. The van der Waals surface area contributed by atoms with Gasteiger partial charge >= 0.3 is 17.8 Å². The van der Waals surface area contributed by atoms with Gasteiger partial charge in [0.05, 0.1) is 24.8 Å². The second kappa shape index (κ2) is 9.16. The summed E-state index contributed by atoms with van der Waals surface area (Å²) in [7, 11) is -3.75. The van der Waals surface area contributed by atoms with Gasteiger partial charge in [-0.25, -0.2) is 18.1 Å². The van der Waals surface area contributed by atoms with Gasteiger partial charge in [-0.15, -0.1) is 0 Å². The smallest absolute Gasteiger partial charge is 0.335 e. The minimum Gasteiger partial charge on any atom is -0.490 e. The van der Waals surface area contributed by atoms with Crippen LogP contribution in [0, 0.1) is 0 Å². The number of carbonyl (C=O) groups is 3. The van der Waals surface area contributed by atoms with E-state index in [2.05, 4.69) is 0 Å². The number of nitrogens with zero attached hydrogens (tertiary/aromatic N) is 4. The van der Waals surface area contributed by atoms with Crippen molar-refractivity contribution in [3.8, 4) is 11.5 Å². The molecule has 2 saturated heterocycles. The molecule has 0 atom stereocenters. The van der Waals surface area contributed by atoms with Gasteiger partial charge < -0.3 is 9.47 Å². The van der Waals surface area contributed by atoms with Crippen molar-refractivity contribution in [1.82, 2.24) is 19.0 Å². The lowest BCUT2D eigenvalue weighted by atomic mass is 10.2. The zero-order chi connectivity index (χ0) is 23.9. The van der Waals surface area contributed by atoms with Gasteiger partial charge in [0.15, 0.2) is 11.5 Å². The van der Waals surface area contributed by atoms with Gasteiger partial charge in [-0.05, 0) is 25.0 Å². The molecular formula is C22H28N4O7S. The second-order valence-electron chi connectivity index (χ2n) is 8.95. The van der Waals surface area contributed by atoms with E-state index < -0.39 is 27.9 Å². The third-order valence-electron chi connectivity index (χ3n) is 6.80. The molecule has 0 bridgehead atoms. The fraction of sp³-hybridized carbons (Fsp3) is 0.591. The average Bonchev–Trinajstić information content (AvgIpc) is 3.33. The van der Waals surface area contributed by atoms with E-state index in [1.165, 1.54) is 16.4 Å². The molecule has 0 aromatic heterocycles. The van der Waals surface area contributed by atoms with Crippen molar-refractivity contribution in [1.29, 1.82) is 0 Å². The van der Waals surface area contributed by atoms with E-state index in [9.17, 15) is 22.8 Å². The van der Waals surface area contributed by atoms with E-state index in [-0.39, 0.29) is 30.7 Å². The van der Waals surface area contributed by atoms with Crippen LogP contribution in [0.4, 0.5) is 4.79 Å². The number of piperazine rings is 1. The van der Waals surface area contributed by atoms with E-state index in [1.54, 1.807) is 6.07 Å². The standard InChI is InChI=1S/C22H28N4O7S/c27-20-21(28)26(16-4-1-2-5-16)22(29)25(20)15-23-8-10-24(11-9-23)34(30,31)17-6-7-18-19(14-17)33-13-3-12-32-18/h6-7,14,16H,1-5,8-13,15H2. The predicted octanol–water partition coefficient (Wildman–Crippen LogP) is 0.845. The number of fused-ring (bicyclic) bond motifs is 1. The molecule has 0 radical (unpaired) electrons. The highest BCUT2D eigenvalue weighted by Crippen LogP contribution is 2.33. The van der Waals surface area contributed by atoms with Gasteiger partial charge in [-0.2, -0.15) is 4.31 Å². The highest BCUT2D eigenvalue weighted by molar-refractivity contribution is 7.89. The molecular weight excluding hydrogens is 464 g/mol. The summed E-state index contributed by atoms with van der Waals surface area (Å²) < 4.78 is 39.0. The van der Waals surface area contributed by atoms with Crippen LogP contribution in [-0.2, 0) is 19.6 Å². The molecule has 1 saturated carbocycles. The number of hydrogen-bond acceptors (Lipinski definition) is 8. The van der Waals surface area contributed by atoms with Crippen molar-refractivity contribution < 1.29 is 32.3 Å². The Hall–Kier alpha value is -2.70. The molecule has 3 aliphatic heterocycles. The van der Waals surface area contributed by atoms with Gasteiger partial charge in [0.1, 0.15) is 0 Å². The lowest BCUT2D eigenvalue weighted by molar-refractivity contribution is -0.144. The Morgan fingerprint density at radius 3 is 2.24 bits per heavy atom. The van der Waals surface area contributed by atoms with E-state index in [0.29, 0.717) is 37.8 Å². The number of rotatable bonds is 5. The molecule has 3 fully saturated rings. The number of sulfonamides is 1. The maximum absolute atomic E-state index is 13.2. The van der Waals surface area contributed by atoms with Crippen molar-refractivity contribution in [2.24, 2.45) is 0 Å². The quantitative estimate of drug-likeness (QED) is 0.439. The molecule has 1 aromatic rings. The Morgan fingerprint density at radius 1 is 0.853 bits per heavy atom. The fourth-order valence-corrected chi connectivity index (χ4v) is 6.33. The Labute approximate surface area is 198 Å². The SMILES string of the molecule is O=C1C(=O)N(C2CCCC2)C(=O)N1CN1CCN(S(=O)(=O)c2ccc3c(c2)OCCCO3)CC1. The molecule has 0 N–H and O–H groups in total. The van der Waals surface area contributed by atoms with Gasteiger partial charge in [0, 0.05) is 44.7 Å². The summed E-state index contributed by atoms with van der Waals surface area (Å²) in [5.41, 5.74) is 0. The Balaban J connectivity index is 1.22. The summed E-state index contributed by atoms with van der Waals surface area (Å²) in [6.07, 6.45) is 4.07. The lowest BCUT2D eigenvalue weighted by Gasteiger charge is -2.35. The van der Waals surface area contributed by atoms with Gasteiger partial charge in [0.2, 0.25) is 10.0 Å². The van der Waals surface area contributed by atoms with Crippen molar-refractivity contribution in [3.63, 3.8) is 0 Å². The van der Waals surface area contributed by atoms with Crippen LogP contribution < -0.4 is 9.47 Å². The zero-order valence-electron chi connectivity index (χ0n) is 18.8. The normalized spacial score (nSPS) is 23.1. The number of benzene rings is 1. The number of carbonyl (C=O) groups excluding carboxylic acids is 3. The Kier molecular flexibility index (Phi) is 6.21. The van der Waals surface area contributed by atoms with E-state index in [1.807, 2.05) is 4.90 Å². The van der Waals surface area contributed by atoms with Crippen molar-refractivity contribution in [2.75, 3.05) is 46.1 Å². The third-order valence-corrected chi connectivity index (χ3v) is 8.70. The van der Waals surface area contributed by atoms with Crippen molar-refractivity contribution in [2.45, 2.75) is 43.0 Å². The molecule has 0 spiro atoms. The van der Waals surface area contributed by atoms with Crippen LogP contribution in [0.1, 0.15) is 32.1 Å². The Morgan fingerprint density at radius 2 is 1.53 bits per heavy atom. The number of imide groups is 2. The molecule has 3 heterocycles. The highest BCUT2D eigenvalue weighted by atomic mass is 32.2. The van der Waals surface area contributed by atoms with Crippen LogP contribution in [0.15, 0.2) is 23.1 Å². The average molecular weight is 493 g/mol. The molecule has 12 heteroatoms. The predicted molar refractivity (Wildman–Crippen MR) is 119 cm³/mol. The molecule has 34 heavy (non-hydrogen) atoms. The molecule has 11 nitrogen and oxygen atoms in total. The van der Waals surface area contributed by atoms with E-state index in [4.69, 9.17) is 9.47 Å². The molecule has 5 rings (SSSR count). The molecule has 0 unspecified atom stereocenters. The molecule has 1 aromatic carbocycles. The first-order valence-electron chi connectivity index (χ1n) is 11.7. The van der Waals surface area contributed by atoms with Crippen LogP contribution >= 0.6 is 0 Å². The Bertz CT molecular complexity index is 1090. The van der Waals surface area contributed by atoms with E-state index >= 15 is 0 Å². The molecule has 4 amide bonds. The summed E-state index contributed by atoms with van der Waals surface area (Å²) in [5.74, 6) is -0.617. The first-order chi connectivity index (χ1) is 16.4. The van der Waals surface area contributed by atoms with Crippen LogP contribution in [0.3, 0.4) is 0 Å². The van der Waals surface area contributed by atoms with Gasteiger partial charge in [-0.1, -0.05) is 12.8 Å². The lowest BCUT2D eigenvalue weighted by Crippen LogP contribution is -2.52. The maximum atomic E-state index is 13.2. The zero-order valence-corrected chi connectivity index (χ0v) is 19.7. The number of amides is 4. The monoisotopic (exact) mass is 492 g/mol. The minimum atomic E-state index is -3.75. The summed E-state index contributed by atoms with van der Waals surface area (Å²) in [6, 6.07) is 3.85. The molecule has 1 aliphatic carbocycles. The third kappa shape index (κ3) is 4.14. The van der Waals surface area contributed by atoms with Crippen LogP contribution in [0.5, 0.6) is 11.5 Å². The maximum Gasteiger partial charge on any atom is 0.335 e. The summed E-state index contributed by atoms with van der Waals surface area (Å²) in [5, 5.41) is 0. The fourth-order valence-electron chi connectivity index (χ4n) is 4.90. The van der Waals surface area contributed by atoms with Crippen LogP contribution in [0.25, 0.3) is 0 Å². The van der Waals surface area contributed by atoms with Gasteiger partial charge in [0.25, 0.3) is 0 Å².